The molecule has 0 bridgehead atoms. The van der Waals surface area contributed by atoms with Crippen LogP contribution in [0.1, 0.15) is 0 Å². The van der Waals surface area contributed by atoms with Crippen LogP contribution in [0, 0.1) is 0 Å². The Morgan fingerprint density at radius 3 is 2.50 bits per heavy atom. The Kier molecular flexibility index (Phi) is 5.86. The van der Waals surface area contributed by atoms with Crippen molar-refractivity contribution in [2.24, 2.45) is 0 Å². The first-order valence-electron chi connectivity index (χ1n) is 6.11. The topological polar surface area (TPSA) is 76.8 Å². The number of likely N-dealkylation sites (N-methyl/N-ethyl adjacent to an activating group) is 1. The van der Waals surface area contributed by atoms with E-state index in [1.807, 2.05) is 19.0 Å². The van der Waals surface area contributed by atoms with Gasteiger partial charge in [0.1, 0.15) is 11.5 Å². The van der Waals surface area contributed by atoms with E-state index in [-0.39, 0.29) is 5.91 Å². The molecule has 0 heterocycles. The smallest absolute Gasteiger partial charge is 0.248 e. The van der Waals surface area contributed by atoms with Crippen LogP contribution >= 0.6 is 0 Å². The minimum absolute atomic E-state index is 0.241. The second kappa shape index (κ2) is 7.40. The highest BCUT2D eigenvalue weighted by molar-refractivity contribution is 6.00. The normalized spacial score (nSPS) is 10.8. The molecule has 110 valence electrons. The van der Waals surface area contributed by atoms with Gasteiger partial charge in [0.2, 0.25) is 5.91 Å². The number of carbonyl (C=O) groups excluding carboxylic acids is 1. The number of amides is 1. The van der Waals surface area contributed by atoms with E-state index in [1.165, 1.54) is 20.3 Å². The van der Waals surface area contributed by atoms with Gasteiger partial charge in [-0.25, -0.2) is 0 Å². The number of methoxy groups -OCH3 is 2. The van der Waals surface area contributed by atoms with E-state index < -0.39 is 0 Å². The number of ether oxygens (including phenoxy) is 2. The molecular formula is C14H21N3O3. The second-order valence-electron chi connectivity index (χ2n) is 4.45. The van der Waals surface area contributed by atoms with Crippen LogP contribution < -0.4 is 20.5 Å². The van der Waals surface area contributed by atoms with Crippen molar-refractivity contribution in [1.82, 2.24) is 4.90 Å². The lowest BCUT2D eigenvalue weighted by Crippen LogP contribution is -2.13. The molecule has 1 amide bonds. The highest BCUT2D eigenvalue weighted by Crippen LogP contribution is 2.34. The minimum Gasteiger partial charge on any atom is -0.494 e. The molecule has 0 unspecified atom stereocenters. The summed E-state index contributed by atoms with van der Waals surface area (Å²) < 4.78 is 10.3. The molecule has 1 rings (SSSR count). The van der Waals surface area contributed by atoms with Crippen molar-refractivity contribution in [3.63, 3.8) is 0 Å². The van der Waals surface area contributed by atoms with Gasteiger partial charge in [-0.3, -0.25) is 4.79 Å². The molecule has 0 fully saturated rings. The van der Waals surface area contributed by atoms with Gasteiger partial charge >= 0.3 is 0 Å². The van der Waals surface area contributed by atoms with Gasteiger partial charge in [0.25, 0.3) is 0 Å². The molecule has 0 aromatic heterocycles. The lowest BCUT2D eigenvalue weighted by Gasteiger charge is -2.12. The lowest BCUT2D eigenvalue weighted by atomic mass is 10.2. The highest BCUT2D eigenvalue weighted by atomic mass is 16.5. The second-order valence-corrected chi connectivity index (χ2v) is 4.45. The Morgan fingerprint density at radius 1 is 1.30 bits per heavy atom. The molecule has 1 aromatic rings. The molecule has 0 saturated carbocycles. The maximum absolute atomic E-state index is 11.8. The first kappa shape index (κ1) is 15.8. The van der Waals surface area contributed by atoms with Gasteiger partial charge in [-0.2, -0.15) is 0 Å². The molecule has 1 aromatic carbocycles. The summed E-state index contributed by atoms with van der Waals surface area (Å²) in [5.74, 6) is 0.753. The summed E-state index contributed by atoms with van der Waals surface area (Å²) in [4.78, 5) is 13.7. The minimum atomic E-state index is -0.241. The lowest BCUT2D eigenvalue weighted by molar-refractivity contribution is -0.111. The summed E-state index contributed by atoms with van der Waals surface area (Å²) in [7, 11) is 6.89. The highest BCUT2D eigenvalue weighted by Gasteiger charge is 2.10. The Hall–Kier alpha value is -2.21. The number of nitrogen functional groups attached to an aromatic ring is 1. The molecule has 6 nitrogen and oxygen atoms in total. The van der Waals surface area contributed by atoms with Gasteiger partial charge in [-0.1, -0.05) is 6.08 Å². The SMILES string of the molecule is COc1cc(OC)c(NC(=O)/C=C/CN(C)C)cc1N. The van der Waals surface area contributed by atoms with E-state index in [4.69, 9.17) is 15.2 Å². The fourth-order valence-corrected chi connectivity index (χ4v) is 1.57. The average Bonchev–Trinajstić information content (AvgIpc) is 2.38. The quantitative estimate of drug-likeness (QED) is 0.607. The molecule has 0 saturated heterocycles. The predicted octanol–water partition coefficient (Wildman–Crippen LogP) is 1.34. The van der Waals surface area contributed by atoms with Crippen LogP contribution in [0.3, 0.4) is 0 Å². The van der Waals surface area contributed by atoms with Crippen molar-refractivity contribution < 1.29 is 14.3 Å². The number of nitrogens with one attached hydrogen (secondary N) is 1. The van der Waals surface area contributed by atoms with Crippen LogP contribution in [-0.2, 0) is 4.79 Å². The number of nitrogens with two attached hydrogens (primary N) is 1. The number of rotatable bonds is 6. The van der Waals surface area contributed by atoms with Crippen LogP contribution in [-0.4, -0.2) is 45.7 Å². The number of anilines is 2. The van der Waals surface area contributed by atoms with Crippen LogP contribution in [0.4, 0.5) is 11.4 Å². The average molecular weight is 279 g/mol. The number of carbonyl (C=O) groups is 1. The van der Waals surface area contributed by atoms with E-state index >= 15 is 0 Å². The van der Waals surface area contributed by atoms with Crippen molar-refractivity contribution in [1.29, 1.82) is 0 Å². The molecule has 0 radical (unpaired) electrons. The molecular weight excluding hydrogens is 258 g/mol. The Bertz CT molecular complexity index is 499. The standard InChI is InChI=1S/C14H21N3O3/c1-17(2)7-5-6-14(18)16-11-8-10(15)12(19-3)9-13(11)20-4/h5-6,8-9H,7,15H2,1-4H3,(H,16,18)/b6-5+. The monoisotopic (exact) mass is 279 g/mol. The molecule has 0 aliphatic heterocycles. The molecule has 0 aliphatic rings. The fraction of sp³-hybridized carbons (Fsp3) is 0.357. The number of benzene rings is 1. The van der Waals surface area contributed by atoms with Crippen LogP contribution in [0.25, 0.3) is 0 Å². The summed E-state index contributed by atoms with van der Waals surface area (Å²) in [6, 6.07) is 3.24. The first-order chi connectivity index (χ1) is 9.47. The van der Waals surface area contributed by atoms with Crippen LogP contribution in [0.15, 0.2) is 24.3 Å². The third-order valence-electron chi connectivity index (χ3n) is 2.55. The summed E-state index contributed by atoms with van der Waals surface area (Å²) in [6.07, 6.45) is 3.24. The molecule has 20 heavy (non-hydrogen) atoms. The van der Waals surface area contributed by atoms with Crippen LogP contribution in [0.5, 0.6) is 11.5 Å². The fourth-order valence-electron chi connectivity index (χ4n) is 1.57. The zero-order chi connectivity index (χ0) is 15.1. The predicted molar refractivity (Wildman–Crippen MR) is 80.3 cm³/mol. The van der Waals surface area contributed by atoms with Crippen molar-refractivity contribution in [2.75, 3.05) is 45.9 Å². The van der Waals surface area contributed by atoms with Gasteiger partial charge in [0.15, 0.2) is 0 Å². The third-order valence-corrected chi connectivity index (χ3v) is 2.55. The molecule has 0 atom stereocenters. The largest absolute Gasteiger partial charge is 0.494 e. The van der Waals surface area contributed by atoms with E-state index in [0.717, 1.165) is 0 Å². The van der Waals surface area contributed by atoms with Crippen molar-refractivity contribution >= 4 is 17.3 Å². The Morgan fingerprint density at radius 2 is 1.95 bits per heavy atom. The number of hydrogen-bond acceptors (Lipinski definition) is 5. The van der Waals surface area contributed by atoms with Gasteiger partial charge in [0, 0.05) is 18.7 Å². The molecule has 6 heteroatoms. The van der Waals surface area contributed by atoms with E-state index in [0.29, 0.717) is 29.4 Å². The summed E-state index contributed by atoms with van der Waals surface area (Å²) >= 11 is 0. The van der Waals surface area contributed by atoms with Crippen molar-refractivity contribution in [2.45, 2.75) is 0 Å². The van der Waals surface area contributed by atoms with Gasteiger partial charge in [-0.15, -0.1) is 0 Å². The summed E-state index contributed by atoms with van der Waals surface area (Å²) in [6.45, 7) is 0.690. The molecule has 0 aliphatic carbocycles. The maximum Gasteiger partial charge on any atom is 0.248 e. The number of hydrogen-bond donors (Lipinski definition) is 2. The molecule has 0 spiro atoms. The van der Waals surface area contributed by atoms with E-state index in [1.54, 1.807) is 18.2 Å². The van der Waals surface area contributed by atoms with Gasteiger partial charge < -0.3 is 25.4 Å². The van der Waals surface area contributed by atoms with E-state index in [2.05, 4.69) is 5.32 Å². The first-order valence-corrected chi connectivity index (χ1v) is 6.11. The van der Waals surface area contributed by atoms with Gasteiger partial charge in [-0.05, 0) is 20.2 Å². The summed E-state index contributed by atoms with van der Waals surface area (Å²) in [5.41, 5.74) is 6.75. The zero-order valence-corrected chi connectivity index (χ0v) is 12.3. The molecule has 3 N–H and O–H groups in total. The van der Waals surface area contributed by atoms with Crippen molar-refractivity contribution in [3.05, 3.63) is 24.3 Å². The number of nitrogens with zero attached hydrogens (tertiary/aromatic N) is 1. The van der Waals surface area contributed by atoms with E-state index in [9.17, 15) is 4.79 Å². The summed E-state index contributed by atoms with van der Waals surface area (Å²) in [5, 5.41) is 2.72. The Labute approximate surface area is 119 Å². The van der Waals surface area contributed by atoms with Crippen LogP contribution in [0.2, 0.25) is 0 Å². The zero-order valence-electron chi connectivity index (χ0n) is 12.3. The maximum atomic E-state index is 11.8. The van der Waals surface area contributed by atoms with Crippen molar-refractivity contribution in [3.8, 4) is 11.5 Å². The van der Waals surface area contributed by atoms with Gasteiger partial charge in [0.05, 0.1) is 25.6 Å². The Balaban J connectivity index is 2.83. The third kappa shape index (κ3) is 4.47.